The van der Waals surface area contributed by atoms with Crippen molar-refractivity contribution in [1.82, 2.24) is 25.1 Å². The molecule has 48 heavy (non-hydrogen) atoms. The lowest BCUT2D eigenvalue weighted by molar-refractivity contribution is -0.384. The highest BCUT2D eigenvalue weighted by Crippen LogP contribution is 2.45. The van der Waals surface area contributed by atoms with Crippen LogP contribution in [0, 0.1) is 22.9 Å². The number of aryl methyl sites for hydroxylation is 1. The van der Waals surface area contributed by atoms with Crippen molar-refractivity contribution in [3.05, 3.63) is 140 Å². The number of fused-ring (bicyclic) bond motifs is 1. The van der Waals surface area contributed by atoms with Crippen molar-refractivity contribution in [3.63, 3.8) is 0 Å². The maximum atomic E-state index is 15.3. The second-order valence-corrected chi connectivity index (χ2v) is 12.7. The summed E-state index contributed by atoms with van der Waals surface area (Å²) in [5, 5.41) is 22.3. The molecule has 6 rings (SSSR count). The van der Waals surface area contributed by atoms with Gasteiger partial charge in [0.15, 0.2) is 11.6 Å². The van der Waals surface area contributed by atoms with E-state index in [0.29, 0.717) is 5.56 Å². The molecule has 4 aromatic carbocycles. The van der Waals surface area contributed by atoms with E-state index in [0.717, 1.165) is 27.8 Å². The van der Waals surface area contributed by atoms with Crippen LogP contribution in [-0.2, 0) is 21.4 Å². The Morgan fingerprint density at radius 3 is 2.46 bits per heavy atom. The standard InChI is InChI=1S/C36H30ClFN6O4/c1-22-7-9-23(10-8-22)19-31(45)35-28-6-4-5-26(24-11-13-25(14-12-24)44(47)48)33(28)36(2,3)20-42(35)32(46)18-15-27-30(43-21-39-40-41-43)17-16-29(37)34(27)38/h4-18,21,35H,19-20H2,1-3H3. The molecule has 1 aliphatic rings. The van der Waals surface area contributed by atoms with Crippen LogP contribution in [0.2, 0.25) is 5.02 Å². The molecule has 0 saturated carbocycles. The predicted molar refractivity (Wildman–Crippen MR) is 179 cm³/mol. The minimum atomic E-state index is -0.965. The first-order valence-electron chi connectivity index (χ1n) is 15.1. The molecule has 1 aliphatic heterocycles. The van der Waals surface area contributed by atoms with Crippen LogP contribution in [0.15, 0.2) is 91.3 Å². The Kier molecular flexibility index (Phi) is 8.72. The largest absolute Gasteiger partial charge is 0.324 e. The number of carbonyl (C=O) groups is 2. The number of hydrogen-bond acceptors (Lipinski definition) is 7. The third kappa shape index (κ3) is 6.24. The Labute approximate surface area is 280 Å². The van der Waals surface area contributed by atoms with E-state index < -0.39 is 28.1 Å². The van der Waals surface area contributed by atoms with Crippen LogP contribution in [0.5, 0.6) is 0 Å². The number of carbonyl (C=O) groups excluding carboxylic acids is 2. The molecule has 0 spiro atoms. The second kappa shape index (κ2) is 12.9. The average molecular weight is 665 g/mol. The first-order chi connectivity index (χ1) is 22.9. The van der Waals surface area contributed by atoms with E-state index in [1.54, 1.807) is 18.2 Å². The number of tetrazole rings is 1. The molecule has 0 fully saturated rings. The van der Waals surface area contributed by atoms with Crippen molar-refractivity contribution in [2.24, 2.45) is 0 Å². The number of non-ortho nitro benzene ring substituents is 1. The zero-order valence-electron chi connectivity index (χ0n) is 26.3. The highest BCUT2D eigenvalue weighted by Gasteiger charge is 2.43. The van der Waals surface area contributed by atoms with Gasteiger partial charge in [-0.05, 0) is 75.5 Å². The van der Waals surface area contributed by atoms with Crippen molar-refractivity contribution in [1.29, 1.82) is 0 Å². The Morgan fingerprint density at radius 1 is 1.06 bits per heavy atom. The van der Waals surface area contributed by atoms with Crippen molar-refractivity contribution < 1.29 is 18.9 Å². The Morgan fingerprint density at radius 2 is 1.79 bits per heavy atom. The average Bonchev–Trinajstić information content (AvgIpc) is 3.60. The van der Waals surface area contributed by atoms with Gasteiger partial charge in [0.2, 0.25) is 5.91 Å². The molecule has 1 atom stereocenters. The molecule has 0 aliphatic carbocycles. The molecule has 12 heteroatoms. The Bertz CT molecular complexity index is 2060. The van der Waals surface area contributed by atoms with Crippen LogP contribution >= 0.6 is 11.6 Å². The summed E-state index contributed by atoms with van der Waals surface area (Å²) in [5.74, 6) is -1.45. The number of Topliss-reactive ketones (excluding diaryl/α,β-unsaturated/α-hetero) is 1. The highest BCUT2D eigenvalue weighted by atomic mass is 35.5. The SMILES string of the molecule is Cc1ccc(CC(=O)C2c3cccc(-c4ccc([N+](=O)[O-])cc4)c3C(C)(C)CN2C(=O)C=Cc2c(-n3cnnn3)ccc(Cl)c2F)cc1. The van der Waals surface area contributed by atoms with Crippen molar-refractivity contribution in [2.75, 3.05) is 6.54 Å². The predicted octanol–water partition coefficient (Wildman–Crippen LogP) is 7.02. The normalized spacial score (nSPS) is 15.4. The van der Waals surface area contributed by atoms with Crippen LogP contribution in [0.4, 0.5) is 10.1 Å². The van der Waals surface area contributed by atoms with Gasteiger partial charge in [0.05, 0.1) is 15.6 Å². The topological polar surface area (TPSA) is 124 Å². The molecule has 1 amide bonds. The van der Waals surface area contributed by atoms with Gasteiger partial charge in [-0.2, -0.15) is 4.68 Å². The smallest absolute Gasteiger partial charge is 0.269 e. The fraction of sp³-hybridized carbons (Fsp3) is 0.194. The molecule has 0 bridgehead atoms. The monoisotopic (exact) mass is 664 g/mol. The van der Waals surface area contributed by atoms with Gasteiger partial charge in [0, 0.05) is 42.2 Å². The van der Waals surface area contributed by atoms with Crippen molar-refractivity contribution >= 4 is 35.1 Å². The first-order valence-corrected chi connectivity index (χ1v) is 15.5. The molecule has 242 valence electrons. The van der Waals surface area contributed by atoms with Gasteiger partial charge in [0.1, 0.15) is 12.4 Å². The van der Waals surface area contributed by atoms with Gasteiger partial charge in [-0.15, -0.1) is 5.10 Å². The highest BCUT2D eigenvalue weighted by molar-refractivity contribution is 6.31. The van der Waals surface area contributed by atoms with Gasteiger partial charge in [0.25, 0.3) is 5.69 Å². The first kappa shape index (κ1) is 32.4. The second-order valence-electron chi connectivity index (χ2n) is 12.3. The molecule has 0 N–H and O–H groups in total. The fourth-order valence-electron chi connectivity index (χ4n) is 6.31. The summed E-state index contributed by atoms with van der Waals surface area (Å²) in [5.41, 5.74) is 4.54. The summed E-state index contributed by atoms with van der Waals surface area (Å²) >= 11 is 6.10. The quantitative estimate of drug-likeness (QED) is 0.0991. The summed E-state index contributed by atoms with van der Waals surface area (Å²) in [6.45, 7) is 6.09. The molecule has 1 aromatic heterocycles. The van der Waals surface area contributed by atoms with E-state index in [1.165, 1.54) is 46.3 Å². The maximum Gasteiger partial charge on any atom is 0.269 e. The Balaban J connectivity index is 1.45. The minimum absolute atomic E-state index is 0.00260. The summed E-state index contributed by atoms with van der Waals surface area (Å²) in [6.07, 6.45) is 3.93. The van der Waals surface area contributed by atoms with Crippen LogP contribution in [0.25, 0.3) is 22.9 Å². The number of nitro groups is 1. The van der Waals surface area contributed by atoms with E-state index in [4.69, 9.17) is 11.6 Å². The number of ketones is 1. The number of aromatic nitrogens is 4. The van der Waals surface area contributed by atoms with Gasteiger partial charge < -0.3 is 4.90 Å². The number of nitrogens with zero attached hydrogens (tertiary/aromatic N) is 6. The zero-order chi connectivity index (χ0) is 34.2. The maximum absolute atomic E-state index is 15.3. The van der Waals surface area contributed by atoms with Crippen LogP contribution in [-0.4, -0.2) is 48.3 Å². The Hall–Kier alpha value is -5.55. The third-order valence-corrected chi connectivity index (χ3v) is 8.81. The lowest BCUT2D eigenvalue weighted by atomic mass is 9.71. The van der Waals surface area contributed by atoms with Gasteiger partial charge in [-0.25, -0.2) is 4.39 Å². The van der Waals surface area contributed by atoms with Crippen molar-refractivity contribution in [2.45, 2.75) is 38.6 Å². The lowest BCUT2D eigenvalue weighted by Crippen LogP contribution is -2.50. The van der Waals surface area contributed by atoms with E-state index in [2.05, 4.69) is 15.5 Å². The van der Waals surface area contributed by atoms with E-state index in [1.807, 2.05) is 63.2 Å². The molecular formula is C36H30ClFN6O4. The number of rotatable bonds is 8. The van der Waals surface area contributed by atoms with Gasteiger partial charge in [-0.1, -0.05) is 73.5 Å². The number of hydrogen-bond donors (Lipinski definition) is 0. The zero-order valence-corrected chi connectivity index (χ0v) is 27.1. The summed E-state index contributed by atoms with van der Waals surface area (Å²) in [7, 11) is 0. The number of benzene rings is 4. The van der Waals surface area contributed by atoms with Gasteiger partial charge in [-0.3, -0.25) is 19.7 Å². The molecule has 2 heterocycles. The van der Waals surface area contributed by atoms with Gasteiger partial charge >= 0.3 is 0 Å². The lowest BCUT2D eigenvalue weighted by Gasteiger charge is -2.45. The fourth-order valence-corrected chi connectivity index (χ4v) is 6.48. The minimum Gasteiger partial charge on any atom is -0.324 e. The van der Waals surface area contributed by atoms with Crippen molar-refractivity contribution in [3.8, 4) is 16.8 Å². The van der Waals surface area contributed by atoms with Crippen LogP contribution in [0.1, 0.15) is 47.7 Å². The number of amides is 1. The molecule has 0 saturated heterocycles. The van der Waals surface area contributed by atoms with Crippen LogP contribution < -0.4 is 0 Å². The summed E-state index contributed by atoms with van der Waals surface area (Å²) < 4.78 is 16.6. The van der Waals surface area contributed by atoms with Crippen LogP contribution in [0.3, 0.4) is 0 Å². The molecule has 10 nitrogen and oxygen atoms in total. The molecule has 0 radical (unpaired) electrons. The molecular weight excluding hydrogens is 635 g/mol. The van der Waals surface area contributed by atoms with E-state index in [9.17, 15) is 19.7 Å². The molecule has 5 aromatic rings. The summed E-state index contributed by atoms with van der Waals surface area (Å²) in [6, 6.07) is 21.5. The number of halogens is 2. The molecule has 1 unspecified atom stereocenters. The van der Waals surface area contributed by atoms with E-state index in [-0.39, 0.29) is 40.7 Å². The van der Waals surface area contributed by atoms with E-state index >= 15 is 4.39 Å². The third-order valence-electron chi connectivity index (χ3n) is 8.52. The summed E-state index contributed by atoms with van der Waals surface area (Å²) in [4.78, 5) is 40.8. The number of nitro benzene ring substituents is 1.